The lowest BCUT2D eigenvalue weighted by molar-refractivity contribution is -0.655. The Morgan fingerprint density at radius 2 is 0.252 bits per heavy atom. The second-order valence-corrected chi connectivity index (χ2v) is 40.9. The minimum atomic E-state index is -1.85. The highest BCUT2D eigenvalue weighted by Crippen LogP contribution is 2.23. The molecule has 123 heavy (non-hydrogen) atoms. The standard InChI is InChI=1S/2C52H107N.C14H21BO2/c2*1-3-5-7-9-11-13-15-17-19-21-23-25-27-29-31-33-35-37-39-41-43-45-47-49-51-53-52-50-48-46-44-42-40-38-36-34-32-30-28-26-24-22-20-18-16-14-12-10-8-6-4-2;1-3-5-7-12-9-13(8-6-4-2)11-14(10-12)15(16)17/h2*53H,3-52H2,1-2H3;9-11H,3-8H2,1-2H3/q;;-2/p+2. The van der Waals surface area contributed by atoms with Gasteiger partial charge in [0, 0.05) is 0 Å². The molecule has 5 heteroatoms. The molecule has 4 N–H and O–H groups in total. The van der Waals surface area contributed by atoms with Crippen molar-refractivity contribution in [2.45, 2.75) is 696 Å². The summed E-state index contributed by atoms with van der Waals surface area (Å²) in [6, 6.07) is 5.72. The Morgan fingerprint density at radius 3 is 0.358 bits per heavy atom. The normalized spacial score (nSPS) is 11.5. The van der Waals surface area contributed by atoms with E-state index >= 15 is 0 Å². The van der Waals surface area contributed by atoms with Gasteiger partial charge in [-0.25, -0.2) is 0 Å². The Labute approximate surface area is 780 Å². The average molecular weight is 1730 g/mol. The van der Waals surface area contributed by atoms with Crippen LogP contribution in [0.4, 0.5) is 0 Å². The van der Waals surface area contributed by atoms with Gasteiger partial charge in [0.25, 0.3) is 0 Å². The second-order valence-electron chi connectivity index (χ2n) is 40.9. The number of nitrogens with two attached hydrogens (primary N) is 2. The molecule has 0 unspecified atom stereocenters. The SMILES string of the molecule is CCCCCCCCCCCCCCCCCCCCCCCCCC[NH2+]CCCCCCCCCCCCCCCCCCCCCCCCCC.CCCCCCCCCCCCCCCCCCCCCCCCCC[NH2+]CCCCCCCCCCCCCCCCCCCCCCCCCC.CCCCc1cc(CCCC)cc(B([O-])[O-])c1. The molecule has 0 aliphatic rings. The zero-order valence-electron chi connectivity index (χ0n) is 86.7. The van der Waals surface area contributed by atoms with Crippen LogP contribution in [0.2, 0.25) is 0 Å². The van der Waals surface area contributed by atoms with Gasteiger partial charge >= 0.3 is 0 Å². The third-order valence-corrected chi connectivity index (χ3v) is 28.0. The summed E-state index contributed by atoms with van der Waals surface area (Å²) in [6.07, 6.45) is 148. The van der Waals surface area contributed by atoms with Gasteiger partial charge in [0.05, 0.1) is 26.2 Å². The van der Waals surface area contributed by atoms with Crippen molar-refractivity contribution in [3.8, 4) is 0 Å². The van der Waals surface area contributed by atoms with E-state index in [0.717, 1.165) is 49.7 Å². The van der Waals surface area contributed by atoms with E-state index < -0.39 is 7.12 Å². The van der Waals surface area contributed by atoms with Gasteiger partial charge in [0.1, 0.15) is 0 Å². The molecular weight excluding hydrogens is 1490 g/mol. The number of aryl methyl sites for hydroxylation is 2. The summed E-state index contributed by atoms with van der Waals surface area (Å²) in [5, 5.41) is 27.3. The zero-order valence-corrected chi connectivity index (χ0v) is 86.7. The number of unbranched alkanes of at least 4 members (excludes halogenated alkanes) is 94. The maximum atomic E-state index is 11.0. The molecule has 0 aliphatic carbocycles. The summed E-state index contributed by atoms with van der Waals surface area (Å²) in [7, 11) is -1.85. The quantitative estimate of drug-likeness (QED) is 0.0503. The van der Waals surface area contributed by atoms with E-state index in [1.165, 1.54) is 643 Å². The van der Waals surface area contributed by atoms with Gasteiger partial charge in [-0.1, -0.05) is 645 Å². The molecule has 1 rings (SSSR count). The molecule has 0 heterocycles. The lowest BCUT2D eigenvalue weighted by Gasteiger charge is -2.28. The van der Waals surface area contributed by atoms with Crippen molar-refractivity contribution in [1.29, 1.82) is 0 Å². The first kappa shape index (κ1) is 124. The smallest absolute Gasteiger partial charge is 0.0755 e. The predicted molar refractivity (Wildman–Crippen MR) is 558 cm³/mol. The van der Waals surface area contributed by atoms with Crippen molar-refractivity contribution >= 4 is 12.6 Å². The van der Waals surface area contributed by atoms with Crippen LogP contribution in [0.25, 0.3) is 0 Å². The molecule has 734 valence electrons. The molecule has 4 nitrogen and oxygen atoms in total. The van der Waals surface area contributed by atoms with E-state index in [9.17, 15) is 10.0 Å². The summed E-state index contributed by atoms with van der Waals surface area (Å²) in [4.78, 5) is 0. The van der Waals surface area contributed by atoms with Gasteiger partial charge in [-0.2, -0.15) is 0 Å². The first-order valence-electron chi connectivity index (χ1n) is 59.1. The molecule has 0 saturated carbocycles. The molecule has 0 aromatic heterocycles. The summed E-state index contributed by atoms with van der Waals surface area (Å²) in [5.41, 5.74) is 2.70. The third-order valence-electron chi connectivity index (χ3n) is 28.0. The maximum absolute atomic E-state index is 11.0. The zero-order chi connectivity index (χ0) is 88.8. The van der Waals surface area contributed by atoms with Gasteiger partial charge in [0.2, 0.25) is 0 Å². The largest absolute Gasteiger partial charge is 0.889 e. The van der Waals surface area contributed by atoms with Crippen LogP contribution >= 0.6 is 0 Å². The van der Waals surface area contributed by atoms with Crippen LogP contribution in [0, 0.1) is 0 Å². The summed E-state index contributed by atoms with van der Waals surface area (Å²) in [5.74, 6) is 0. The topological polar surface area (TPSA) is 79.3 Å². The molecule has 0 radical (unpaired) electrons. The minimum absolute atomic E-state index is 0.407. The average Bonchev–Trinajstić information content (AvgIpc) is 0.859. The molecule has 0 spiro atoms. The lowest BCUT2D eigenvalue weighted by atomic mass is 9.78. The molecular formula is C118H237BN2O2. The fraction of sp³-hybridized carbons (Fsp3) is 0.949. The second kappa shape index (κ2) is 117. The monoisotopic (exact) mass is 1730 g/mol. The summed E-state index contributed by atoms with van der Waals surface area (Å²) < 4.78 is 0. The highest BCUT2D eigenvalue weighted by Gasteiger charge is 2.06. The molecule has 0 saturated heterocycles. The van der Waals surface area contributed by atoms with Crippen LogP contribution < -0.4 is 26.1 Å². The molecule has 0 bridgehead atoms. The number of hydrogen-bond acceptors (Lipinski definition) is 2. The van der Waals surface area contributed by atoms with E-state index in [1.54, 1.807) is 12.1 Å². The molecule has 0 atom stereocenters. The van der Waals surface area contributed by atoms with Gasteiger partial charge in [0.15, 0.2) is 0 Å². The van der Waals surface area contributed by atoms with Gasteiger partial charge in [-0.05, 0) is 88.2 Å². The Balaban J connectivity index is 0. The van der Waals surface area contributed by atoms with Crippen LogP contribution in [0.1, 0.15) is 695 Å². The first-order valence-corrected chi connectivity index (χ1v) is 59.1. The number of quaternary nitrogens is 2. The van der Waals surface area contributed by atoms with E-state index in [2.05, 4.69) is 58.2 Å². The molecule has 0 fully saturated rings. The van der Waals surface area contributed by atoms with Crippen LogP contribution in [0.5, 0.6) is 0 Å². The van der Waals surface area contributed by atoms with Crippen molar-refractivity contribution in [2.75, 3.05) is 26.2 Å². The number of hydrogen-bond donors (Lipinski definition) is 2. The van der Waals surface area contributed by atoms with Crippen molar-refractivity contribution in [1.82, 2.24) is 0 Å². The van der Waals surface area contributed by atoms with Crippen LogP contribution in [0.3, 0.4) is 0 Å². The van der Waals surface area contributed by atoms with Crippen molar-refractivity contribution in [3.63, 3.8) is 0 Å². The maximum Gasteiger partial charge on any atom is 0.0755 e. The fourth-order valence-corrected chi connectivity index (χ4v) is 19.3. The van der Waals surface area contributed by atoms with E-state index in [-0.39, 0.29) is 0 Å². The third kappa shape index (κ3) is 113. The summed E-state index contributed by atoms with van der Waals surface area (Å²) >= 11 is 0. The van der Waals surface area contributed by atoms with Crippen molar-refractivity contribution in [3.05, 3.63) is 29.3 Å². The van der Waals surface area contributed by atoms with Gasteiger partial charge in [-0.15, -0.1) is 5.46 Å². The molecule has 0 amide bonds. The van der Waals surface area contributed by atoms with Crippen molar-refractivity contribution < 1.29 is 20.7 Å². The summed E-state index contributed by atoms with van der Waals surface area (Å²) in [6.45, 7) is 19.0. The Kier molecular flexibility index (Phi) is 118. The van der Waals surface area contributed by atoms with Crippen molar-refractivity contribution in [2.24, 2.45) is 0 Å². The van der Waals surface area contributed by atoms with E-state index in [1.807, 2.05) is 0 Å². The van der Waals surface area contributed by atoms with E-state index in [0.29, 0.717) is 5.46 Å². The van der Waals surface area contributed by atoms with E-state index in [4.69, 9.17) is 0 Å². The highest BCUT2D eigenvalue weighted by molar-refractivity contribution is 6.55. The number of rotatable bonds is 107. The predicted octanol–water partition coefficient (Wildman–Crippen LogP) is 37.4. The Hall–Kier alpha value is -0.875. The molecule has 1 aromatic carbocycles. The van der Waals surface area contributed by atoms with Crippen LogP contribution in [-0.4, -0.2) is 33.3 Å². The molecule has 0 aliphatic heterocycles. The fourth-order valence-electron chi connectivity index (χ4n) is 19.3. The number of benzene rings is 1. The minimum Gasteiger partial charge on any atom is -0.889 e. The first-order chi connectivity index (χ1) is 61.0. The Morgan fingerprint density at radius 1 is 0.146 bits per heavy atom. The lowest BCUT2D eigenvalue weighted by Crippen LogP contribution is -2.84. The van der Waals surface area contributed by atoms with Gasteiger partial charge < -0.3 is 20.7 Å². The van der Waals surface area contributed by atoms with Crippen LogP contribution in [0.15, 0.2) is 18.2 Å². The van der Waals surface area contributed by atoms with Crippen LogP contribution in [-0.2, 0) is 12.8 Å². The Bertz CT molecular complexity index is 1710. The highest BCUT2D eigenvalue weighted by atomic mass is 16.4. The van der Waals surface area contributed by atoms with Gasteiger partial charge in [-0.3, -0.25) is 0 Å². The molecule has 1 aromatic rings.